The van der Waals surface area contributed by atoms with E-state index in [9.17, 15) is 9.59 Å². The first-order chi connectivity index (χ1) is 14.9. The van der Waals surface area contributed by atoms with Gasteiger partial charge in [-0.15, -0.1) is 0 Å². The van der Waals surface area contributed by atoms with Crippen molar-refractivity contribution < 1.29 is 14.3 Å². The topological polar surface area (TPSA) is 53.1 Å². The minimum absolute atomic E-state index is 0.267. The van der Waals surface area contributed by atoms with Crippen molar-refractivity contribution >= 4 is 28.8 Å². The zero-order chi connectivity index (χ0) is 22.1. The van der Waals surface area contributed by atoms with E-state index in [1.807, 2.05) is 67.5 Å². The van der Waals surface area contributed by atoms with Gasteiger partial charge in [0.05, 0.1) is 18.4 Å². The predicted molar refractivity (Wildman–Crippen MR) is 123 cm³/mol. The highest BCUT2D eigenvalue weighted by atomic mass is 16.5. The molecule has 0 aliphatic carbocycles. The molecule has 1 saturated heterocycles. The zero-order valence-corrected chi connectivity index (χ0v) is 18.6. The number of amides is 2. The second-order valence-electron chi connectivity index (χ2n) is 8.45. The Bertz CT molecular complexity index is 1040. The van der Waals surface area contributed by atoms with Crippen LogP contribution in [0.4, 0.5) is 11.4 Å². The van der Waals surface area contributed by atoms with Gasteiger partial charge in [-0.2, -0.15) is 0 Å². The van der Waals surface area contributed by atoms with Gasteiger partial charge in [0.1, 0.15) is 11.4 Å². The summed E-state index contributed by atoms with van der Waals surface area (Å²) in [5.74, 6) is 0.632. The molecule has 0 bridgehead atoms. The Labute approximate surface area is 183 Å². The minimum atomic E-state index is -0.306. The van der Waals surface area contributed by atoms with Crippen molar-refractivity contribution in [3.05, 3.63) is 59.8 Å². The Kier molecular flexibility index (Phi) is 5.72. The molecule has 0 radical (unpaired) electrons. The van der Waals surface area contributed by atoms with Crippen molar-refractivity contribution in [1.29, 1.82) is 0 Å². The molecule has 6 heteroatoms. The van der Waals surface area contributed by atoms with Gasteiger partial charge in [0.15, 0.2) is 0 Å². The molecule has 0 N–H and O–H groups in total. The van der Waals surface area contributed by atoms with Gasteiger partial charge in [-0.3, -0.25) is 9.59 Å². The summed E-state index contributed by atoms with van der Waals surface area (Å²) in [5, 5.41) is 0. The molecule has 1 fully saturated rings. The quantitative estimate of drug-likeness (QED) is 0.691. The molecule has 2 aliphatic heterocycles. The lowest BCUT2D eigenvalue weighted by molar-refractivity contribution is -0.120. The number of piperidine rings is 1. The van der Waals surface area contributed by atoms with Gasteiger partial charge in [-0.05, 0) is 43.0 Å². The number of nitrogens with zero attached hydrogens (tertiary/aromatic N) is 3. The molecule has 2 aromatic carbocycles. The molecule has 2 aromatic rings. The Morgan fingerprint density at radius 2 is 1.68 bits per heavy atom. The number of likely N-dealkylation sites (tertiary alicyclic amines) is 1. The van der Waals surface area contributed by atoms with Gasteiger partial charge < -0.3 is 14.5 Å². The molecule has 0 unspecified atom stereocenters. The second-order valence-corrected chi connectivity index (χ2v) is 8.45. The van der Waals surface area contributed by atoms with Crippen LogP contribution in [-0.4, -0.2) is 51.0 Å². The summed E-state index contributed by atoms with van der Waals surface area (Å²) in [7, 11) is 5.46. The summed E-state index contributed by atoms with van der Waals surface area (Å²) in [6, 6.07) is 14.9. The summed E-state index contributed by atoms with van der Waals surface area (Å²) >= 11 is 0. The molecular formula is C25H29N3O3. The van der Waals surface area contributed by atoms with Crippen molar-refractivity contribution in [3.63, 3.8) is 0 Å². The summed E-state index contributed by atoms with van der Waals surface area (Å²) in [5.41, 5.74) is 3.07. The fourth-order valence-electron chi connectivity index (χ4n) is 4.28. The largest absolute Gasteiger partial charge is 0.496 e. The van der Waals surface area contributed by atoms with E-state index in [4.69, 9.17) is 4.74 Å². The number of benzene rings is 2. The molecule has 162 valence electrons. The molecule has 6 nitrogen and oxygen atoms in total. The van der Waals surface area contributed by atoms with Crippen LogP contribution in [0.25, 0.3) is 5.57 Å². The van der Waals surface area contributed by atoms with Gasteiger partial charge >= 0.3 is 0 Å². The number of carbonyl (C=O) groups excluding carboxylic acids is 2. The lowest BCUT2D eigenvalue weighted by Crippen LogP contribution is -2.38. The molecule has 0 saturated carbocycles. The second kappa shape index (κ2) is 8.46. The number of methoxy groups -OCH3 is 1. The van der Waals surface area contributed by atoms with E-state index in [1.165, 1.54) is 4.90 Å². The van der Waals surface area contributed by atoms with Gasteiger partial charge in [0.25, 0.3) is 11.8 Å². The zero-order valence-electron chi connectivity index (χ0n) is 18.6. The van der Waals surface area contributed by atoms with Gasteiger partial charge in [0, 0.05) is 38.4 Å². The molecule has 31 heavy (non-hydrogen) atoms. The van der Waals surface area contributed by atoms with Gasteiger partial charge in [-0.1, -0.05) is 31.2 Å². The number of hydrogen-bond donors (Lipinski definition) is 0. The van der Waals surface area contributed by atoms with Crippen molar-refractivity contribution in [2.24, 2.45) is 5.92 Å². The summed E-state index contributed by atoms with van der Waals surface area (Å²) in [6.45, 7) is 3.76. The molecule has 4 rings (SSSR count). The average molecular weight is 420 g/mol. The van der Waals surface area contributed by atoms with Crippen molar-refractivity contribution in [1.82, 2.24) is 4.90 Å². The van der Waals surface area contributed by atoms with Crippen LogP contribution in [0.2, 0.25) is 0 Å². The van der Waals surface area contributed by atoms with Crippen LogP contribution in [-0.2, 0) is 9.59 Å². The third-order valence-corrected chi connectivity index (χ3v) is 6.14. The van der Waals surface area contributed by atoms with Gasteiger partial charge in [0.2, 0.25) is 0 Å². The van der Waals surface area contributed by atoms with E-state index < -0.39 is 0 Å². The SMILES string of the molecule is COc1ccccc1C1=C(N2CCC(C)CC2)C(=O)N(c2cccc(N(C)C)c2)C1=O. The molecular weight excluding hydrogens is 390 g/mol. The van der Waals surface area contributed by atoms with Crippen molar-refractivity contribution in [2.75, 3.05) is 44.1 Å². The van der Waals surface area contributed by atoms with Crippen LogP contribution < -0.4 is 14.5 Å². The Balaban J connectivity index is 1.84. The molecule has 2 heterocycles. The number of carbonyl (C=O) groups is 2. The van der Waals surface area contributed by atoms with Crippen LogP contribution in [0, 0.1) is 5.92 Å². The van der Waals surface area contributed by atoms with E-state index >= 15 is 0 Å². The van der Waals surface area contributed by atoms with Crippen molar-refractivity contribution in [3.8, 4) is 5.75 Å². The maximum Gasteiger partial charge on any atom is 0.282 e. The predicted octanol–water partition coefficient (Wildman–Crippen LogP) is 3.78. The first kappa shape index (κ1) is 21.0. The summed E-state index contributed by atoms with van der Waals surface area (Å²) < 4.78 is 5.54. The van der Waals surface area contributed by atoms with Crippen LogP contribution in [0.15, 0.2) is 54.2 Å². The van der Waals surface area contributed by atoms with E-state index in [0.717, 1.165) is 31.6 Å². The first-order valence-electron chi connectivity index (χ1n) is 10.7. The van der Waals surface area contributed by atoms with Crippen LogP contribution in [0.5, 0.6) is 5.75 Å². The third kappa shape index (κ3) is 3.78. The molecule has 0 atom stereocenters. The van der Waals surface area contributed by atoms with E-state index in [2.05, 4.69) is 11.8 Å². The average Bonchev–Trinajstić information content (AvgIpc) is 3.04. The van der Waals surface area contributed by atoms with E-state index in [-0.39, 0.29) is 11.8 Å². The summed E-state index contributed by atoms with van der Waals surface area (Å²) in [4.78, 5) is 32.8. The smallest absolute Gasteiger partial charge is 0.282 e. The van der Waals surface area contributed by atoms with Crippen molar-refractivity contribution in [2.45, 2.75) is 19.8 Å². The van der Waals surface area contributed by atoms with Crippen LogP contribution in [0.3, 0.4) is 0 Å². The highest BCUT2D eigenvalue weighted by Gasteiger charge is 2.43. The Morgan fingerprint density at radius 3 is 2.35 bits per heavy atom. The third-order valence-electron chi connectivity index (χ3n) is 6.14. The minimum Gasteiger partial charge on any atom is -0.496 e. The standard InChI is InChI=1S/C25H29N3O3/c1-17-12-14-27(15-13-17)23-22(20-10-5-6-11-21(20)31-4)24(29)28(25(23)30)19-9-7-8-18(16-19)26(2)3/h5-11,16-17H,12-15H2,1-4H3. The first-order valence-corrected chi connectivity index (χ1v) is 10.7. The molecule has 0 aromatic heterocycles. The van der Waals surface area contributed by atoms with Gasteiger partial charge in [-0.25, -0.2) is 4.90 Å². The Hall–Kier alpha value is -3.28. The maximum atomic E-state index is 13.7. The lowest BCUT2D eigenvalue weighted by atomic mass is 9.97. The highest BCUT2D eigenvalue weighted by Crippen LogP contribution is 2.39. The normalized spacial score (nSPS) is 17.5. The monoisotopic (exact) mass is 419 g/mol. The molecule has 2 amide bonds. The number of para-hydroxylation sites is 1. The maximum absolute atomic E-state index is 13.7. The van der Waals surface area contributed by atoms with E-state index in [0.29, 0.717) is 34.2 Å². The van der Waals surface area contributed by atoms with Crippen LogP contribution >= 0.6 is 0 Å². The number of imide groups is 1. The number of ether oxygens (including phenoxy) is 1. The number of anilines is 2. The molecule has 0 spiro atoms. The highest BCUT2D eigenvalue weighted by molar-refractivity contribution is 6.45. The van der Waals surface area contributed by atoms with Crippen LogP contribution in [0.1, 0.15) is 25.3 Å². The fraction of sp³-hybridized carbons (Fsp3) is 0.360. The lowest BCUT2D eigenvalue weighted by Gasteiger charge is -2.32. The van der Waals surface area contributed by atoms with E-state index in [1.54, 1.807) is 7.11 Å². The fourth-order valence-corrected chi connectivity index (χ4v) is 4.28. The number of rotatable bonds is 5. The summed E-state index contributed by atoms with van der Waals surface area (Å²) in [6.07, 6.45) is 2.00. The molecule has 2 aliphatic rings. The number of hydrogen-bond acceptors (Lipinski definition) is 5. The Morgan fingerprint density at radius 1 is 0.968 bits per heavy atom.